The lowest BCUT2D eigenvalue weighted by atomic mass is 10.2. The Kier molecular flexibility index (Phi) is 7.78. The molecule has 3 aromatic rings. The summed E-state index contributed by atoms with van der Waals surface area (Å²) in [6, 6.07) is 10.2. The van der Waals surface area contributed by atoms with E-state index in [0.29, 0.717) is 38.7 Å². The number of rotatable bonds is 9. The standard InChI is InChI=1S/C21H16BrClN2O5S/c1-3-8-29-17-6-4-12(9-15(17)22)10-18(20(26)27)31-21-25-24-19(30-21)14-11-13(23)5-7-16(14)28-2/h3-7,9-11H,1,8H2,2H3,(H,26,27)/b18-10-. The van der Waals surface area contributed by atoms with Gasteiger partial charge in [0.2, 0.25) is 0 Å². The van der Waals surface area contributed by atoms with Crippen molar-refractivity contribution in [3.05, 3.63) is 69.0 Å². The predicted octanol–water partition coefficient (Wildman–Crippen LogP) is 5.94. The van der Waals surface area contributed by atoms with Crippen LogP contribution in [0.4, 0.5) is 0 Å². The van der Waals surface area contributed by atoms with Gasteiger partial charge in [-0.05, 0) is 69.7 Å². The van der Waals surface area contributed by atoms with Crippen LogP contribution in [0, 0.1) is 0 Å². The average Bonchev–Trinajstić information content (AvgIpc) is 3.21. The molecule has 2 aromatic carbocycles. The molecular formula is C21H16BrClN2O5S. The Bertz CT molecular complexity index is 1150. The van der Waals surface area contributed by atoms with Crippen LogP contribution >= 0.6 is 39.3 Å². The van der Waals surface area contributed by atoms with Gasteiger partial charge < -0.3 is 19.0 Å². The topological polar surface area (TPSA) is 94.7 Å². The molecule has 0 unspecified atom stereocenters. The first-order valence-electron chi connectivity index (χ1n) is 8.74. The molecule has 0 spiro atoms. The zero-order valence-corrected chi connectivity index (χ0v) is 19.3. The fourth-order valence-corrected chi connectivity index (χ4v) is 3.82. The van der Waals surface area contributed by atoms with E-state index in [-0.39, 0.29) is 16.0 Å². The Hall–Kier alpha value is -2.75. The molecule has 160 valence electrons. The summed E-state index contributed by atoms with van der Waals surface area (Å²) in [5.74, 6) is 0.159. The second kappa shape index (κ2) is 10.5. The maximum atomic E-state index is 11.8. The predicted molar refractivity (Wildman–Crippen MR) is 123 cm³/mol. The average molecular weight is 524 g/mol. The third-order valence-corrected chi connectivity index (χ3v) is 5.52. The van der Waals surface area contributed by atoms with E-state index in [2.05, 4.69) is 32.7 Å². The number of ether oxygens (including phenoxy) is 2. The molecule has 3 rings (SSSR count). The number of nitrogens with zero attached hydrogens (tertiary/aromatic N) is 2. The Balaban J connectivity index is 1.85. The van der Waals surface area contributed by atoms with Crippen molar-refractivity contribution in [3.63, 3.8) is 0 Å². The normalized spacial score (nSPS) is 11.3. The maximum absolute atomic E-state index is 11.8. The van der Waals surface area contributed by atoms with Crippen molar-refractivity contribution in [2.45, 2.75) is 5.22 Å². The molecule has 1 aromatic heterocycles. The number of benzene rings is 2. The fraction of sp³-hybridized carbons (Fsp3) is 0.0952. The van der Waals surface area contributed by atoms with E-state index in [4.69, 9.17) is 25.5 Å². The zero-order chi connectivity index (χ0) is 22.4. The SMILES string of the molecule is C=CCOc1ccc(/C=C(\Sc2nnc(-c3cc(Cl)ccc3OC)o2)C(=O)O)cc1Br. The third-order valence-electron chi connectivity index (χ3n) is 3.82. The summed E-state index contributed by atoms with van der Waals surface area (Å²) in [4.78, 5) is 11.8. The summed E-state index contributed by atoms with van der Waals surface area (Å²) in [5.41, 5.74) is 1.16. The van der Waals surface area contributed by atoms with Crippen LogP contribution in [0.15, 0.2) is 68.1 Å². The van der Waals surface area contributed by atoms with Gasteiger partial charge in [0.1, 0.15) is 23.0 Å². The first kappa shape index (κ1) is 22.9. The van der Waals surface area contributed by atoms with Crippen molar-refractivity contribution in [2.24, 2.45) is 0 Å². The number of carboxylic acid groups (broad SMARTS) is 1. The first-order chi connectivity index (χ1) is 14.9. The molecule has 0 fully saturated rings. The van der Waals surface area contributed by atoms with Gasteiger partial charge in [-0.2, -0.15) is 0 Å². The smallest absolute Gasteiger partial charge is 0.342 e. The van der Waals surface area contributed by atoms with Crippen LogP contribution in [0.1, 0.15) is 5.56 Å². The van der Waals surface area contributed by atoms with Crippen molar-refractivity contribution in [1.82, 2.24) is 10.2 Å². The molecule has 0 aliphatic rings. The largest absolute Gasteiger partial charge is 0.496 e. The third kappa shape index (κ3) is 5.90. The maximum Gasteiger partial charge on any atom is 0.342 e. The highest BCUT2D eigenvalue weighted by atomic mass is 79.9. The summed E-state index contributed by atoms with van der Waals surface area (Å²) < 4.78 is 17.1. The highest BCUT2D eigenvalue weighted by Gasteiger charge is 2.18. The molecule has 0 bridgehead atoms. The van der Waals surface area contributed by atoms with Crippen molar-refractivity contribution >= 4 is 51.3 Å². The number of carboxylic acids is 1. The number of hydrogen-bond donors (Lipinski definition) is 1. The number of methoxy groups -OCH3 is 1. The summed E-state index contributed by atoms with van der Waals surface area (Å²) in [6.45, 7) is 3.97. The van der Waals surface area contributed by atoms with Gasteiger partial charge in [0, 0.05) is 5.02 Å². The van der Waals surface area contributed by atoms with Gasteiger partial charge in [0.05, 0.1) is 17.1 Å². The number of aromatic nitrogens is 2. The molecule has 0 aliphatic carbocycles. The van der Waals surface area contributed by atoms with E-state index >= 15 is 0 Å². The van der Waals surface area contributed by atoms with Crippen LogP contribution in [-0.4, -0.2) is 35.0 Å². The van der Waals surface area contributed by atoms with Crippen LogP contribution in [-0.2, 0) is 4.79 Å². The molecular weight excluding hydrogens is 508 g/mol. The Morgan fingerprint density at radius 3 is 2.74 bits per heavy atom. The monoisotopic (exact) mass is 522 g/mol. The van der Waals surface area contributed by atoms with Crippen molar-refractivity contribution in [2.75, 3.05) is 13.7 Å². The summed E-state index contributed by atoms with van der Waals surface area (Å²) in [5, 5.41) is 18.1. The second-order valence-corrected chi connectivity index (χ2v) is 8.21. The van der Waals surface area contributed by atoms with E-state index in [1.54, 1.807) is 42.5 Å². The van der Waals surface area contributed by atoms with Gasteiger partial charge in [-0.25, -0.2) is 4.79 Å². The quantitative estimate of drug-likeness (QED) is 0.209. The minimum atomic E-state index is -1.13. The Labute approximate surface area is 195 Å². The molecule has 0 saturated carbocycles. The minimum absolute atomic E-state index is 0.0000750. The van der Waals surface area contributed by atoms with E-state index in [9.17, 15) is 9.90 Å². The van der Waals surface area contributed by atoms with Crippen LogP contribution < -0.4 is 9.47 Å². The van der Waals surface area contributed by atoms with Crippen molar-refractivity contribution in [1.29, 1.82) is 0 Å². The lowest BCUT2D eigenvalue weighted by Crippen LogP contribution is -1.97. The molecule has 0 amide bonds. The summed E-state index contributed by atoms with van der Waals surface area (Å²) in [6.07, 6.45) is 3.13. The molecule has 10 heteroatoms. The molecule has 7 nitrogen and oxygen atoms in total. The lowest BCUT2D eigenvalue weighted by Gasteiger charge is -2.07. The molecule has 1 heterocycles. The highest BCUT2D eigenvalue weighted by molar-refractivity contribution is 9.10. The van der Waals surface area contributed by atoms with E-state index in [0.717, 1.165) is 11.8 Å². The minimum Gasteiger partial charge on any atom is -0.496 e. The number of carbonyl (C=O) groups is 1. The van der Waals surface area contributed by atoms with Gasteiger partial charge in [-0.15, -0.1) is 10.2 Å². The van der Waals surface area contributed by atoms with Crippen LogP contribution in [0.25, 0.3) is 17.5 Å². The van der Waals surface area contributed by atoms with E-state index < -0.39 is 5.97 Å². The highest BCUT2D eigenvalue weighted by Crippen LogP contribution is 2.35. The number of hydrogen-bond acceptors (Lipinski definition) is 7. The van der Waals surface area contributed by atoms with Crippen LogP contribution in [0.2, 0.25) is 5.02 Å². The van der Waals surface area contributed by atoms with Gasteiger partial charge in [0.15, 0.2) is 0 Å². The van der Waals surface area contributed by atoms with Gasteiger partial charge >= 0.3 is 5.97 Å². The Morgan fingerprint density at radius 2 is 2.06 bits per heavy atom. The second-order valence-electron chi connectivity index (χ2n) is 5.92. The number of thioether (sulfide) groups is 1. The van der Waals surface area contributed by atoms with Crippen molar-refractivity contribution < 1.29 is 23.8 Å². The molecule has 1 N–H and O–H groups in total. The van der Waals surface area contributed by atoms with Crippen LogP contribution in [0.3, 0.4) is 0 Å². The lowest BCUT2D eigenvalue weighted by molar-refractivity contribution is -0.131. The summed E-state index contributed by atoms with van der Waals surface area (Å²) >= 11 is 10.3. The van der Waals surface area contributed by atoms with E-state index in [1.807, 2.05) is 0 Å². The molecule has 0 atom stereocenters. The number of halogens is 2. The Morgan fingerprint density at radius 1 is 1.29 bits per heavy atom. The zero-order valence-electron chi connectivity index (χ0n) is 16.2. The number of aliphatic carboxylic acids is 1. The molecule has 31 heavy (non-hydrogen) atoms. The molecule has 0 radical (unpaired) electrons. The van der Waals surface area contributed by atoms with Gasteiger partial charge in [0.25, 0.3) is 11.1 Å². The van der Waals surface area contributed by atoms with Gasteiger partial charge in [-0.1, -0.05) is 30.3 Å². The first-order valence-corrected chi connectivity index (χ1v) is 10.7. The van der Waals surface area contributed by atoms with Gasteiger partial charge in [-0.3, -0.25) is 0 Å². The van der Waals surface area contributed by atoms with Crippen LogP contribution in [0.5, 0.6) is 11.5 Å². The van der Waals surface area contributed by atoms with Crippen molar-refractivity contribution in [3.8, 4) is 23.0 Å². The molecule has 0 aliphatic heterocycles. The van der Waals surface area contributed by atoms with E-state index in [1.165, 1.54) is 13.2 Å². The molecule has 0 saturated heterocycles. The fourth-order valence-electron chi connectivity index (χ4n) is 2.46. The summed E-state index contributed by atoms with van der Waals surface area (Å²) in [7, 11) is 1.51.